The Bertz CT molecular complexity index is 255. The Balaban J connectivity index is 2.23. The van der Waals surface area contributed by atoms with Crippen molar-refractivity contribution in [2.75, 3.05) is 38.8 Å². The molecular formula is C9H19NO3S. The Kier molecular flexibility index (Phi) is 4.34. The summed E-state index contributed by atoms with van der Waals surface area (Å²) in [5.74, 6) is 0.269. The Hall–Kier alpha value is -0.130. The molecule has 84 valence electrons. The zero-order chi connectivity index (χ0) is 10.6. The van der Waals surface area contributed by atoms with E-state index < -0.39 is 9.84 Å². The van der Waals surface area contributed by atoms with Crippen LogP contribution in [0.5, 0.6) is 0 Å². The molecule has 0 aliphatic carbocycles. The van der Waals surface area contributed by atoms with Gasteiger partial charge in [-0.1, -0.05) is 0 Å². The molecule has 0 amide bonds. The average Bonchev–Trinajstić information content (AvgIpc) is 2.14. The molecule has 1 saturated heterocycles. The van der Waals surface area contributed by atoms with E-state index in [1.54, 1.807) is 7.11 Å². The summed E-state index contributed by atoms with van der Waals surface area (Å²) in [5.41, 5.74) is 0. The Morgan fingerprint density at radius 2 is 1.93 bits per heavy atom. The molecular weight excluding hydrogens is 202 g/mol. The first-order valence-electron chi connectivity index (χ1n) is 4.94. The van der Waals surface area contributed by atoms with Crippen LogP contribution in [-0.2, 0) is 14.6 Å². The van der Waals surface area contributed by atoms with Gasteiger partial charge in [0.15, 0.2) is 0 Å². The summed E-state index contributed by atoms with van der Waals surface area (Å²) in [5, 5.41) is 0. The number of sulfone groups is 1. The molecule has 0 radical (unpaired) electrons. The summed E-state index contributed by atoms with van der Waals surface area (Å²) < 4.78 is 27.1. The molecule has 0 aromatic rings. The third-order valence-electron chi connectivity index (χ3n) is 2.65. The van der Waals surface area contributed by atoms with Gasteiger partial charge in [-0.3, -0.25) is 0 Å². The van der Waals surface area contributed by atoms with Crippen molar-refractivity contribution in [1.82, 2.24) is 4.90 Å². The standard InChI is InChI=1S/C9H19NO3S/c1-13-9-3-5-10(6-4-9)7-8-14(2,11)12/h9H,3-8H2,1-2H3. The van der Waals surface area contributed by atoms with E-state index in [9.17, 15) is 8.42 Å². The monoisotopic (exact) mass is 221 g/mol. The first-order valence-corrected chi connectivity index (χ1v) is 7.00. The van der Waals surface area contributed by atoms with Crippen molar-refractivity contribution in [3.63, 3.8) is 0 Å². The van der Waals surface area contributed by atoms with Gasteiger partial charge in [-0.25, -0.2) is 8.42 Å². The molecule has 0 aromatic carbocycles. The fourth-order valence-electron chi connectivity index (χ4n) is 1.66. The highest BCUT2D eigenvalue weighted by Crippen LogP contribution is 2.12. The van der Waals surface area contributed by atoms with Gasteiger partial charge in [-0.05, 0) is 12.8 Å². The predicted molar refractivity (Wildman–Crippen MR) is 56.2 cm³/mol. The zero-order valence-corrected chi connectivity index (χ0v) is 9.72. The highest BCUT2D eigenvalue weighted by Gasteiger charge is 2.19. The number of piperidine rings is 1. The van der Waals surface area contributed by atoms with Gasteiger partial charge in [-0.15, -0.1) is 0 Å². The van der Waals surface area contributed by atoms with Crippen molar-refractivity contribution in [1.29, 1.82) is 0 Å². The van der Waals surface area contributed by atoms with E-state index in [4.69, 9.17) is 4.74 Å². The molecule has 0 spiro atoms. The SMILES string of the molecule is COC1CCN(CCS(C)(=O)=O)CC1. The van der Waals surface area contributed by atoms with Gasteiger partial charge in [0, 0.05) is 33.0 Å². The van der Waals surface area contributed by atoms with Crippen LogP contribution in [-0.4, -0.2) is 58.2 Å². The van der Waals surface area contributed by atoms with Crippen molar-refractivity contribution in [2.45, 2.75) is 18.9 Å². The maximum absolute atomic E-state index is 10.9. The molecule has 0 unspecified atom stereocenters. The second kappa shape index (κ2) is 5.09. The number of hydrogen-bond acceptors (Lipinski definition) is 4. The highest BCUT2D eigenvalue weighted by molar-refractivity contribution is 7.90. The normalized spacial score (nSPS) is 21.3. The van der Waals surface area contributed by atoms with Gasteiger partial charge < -0.3 is 9.64 Å². The minimum absolute atomic E-state index is 0.269. The van der Waals surface area contributed by atoms with E-state index in [0.717, 1.165) is 25.9 Å². The number of likely N-dealkylation sites (tertiary alicyclic amines) is 1. The molecule has 1 fully saturated rings. The van der Waals surface area contributed by atoms with Gasteiger partial charge in [0.25, 0.3) is 0 Å². The molecule has 0 saturated carbocycles. The zero-order valence-electron chi connectivity index (χ0n) is 8.90. The third-order valence-corrected chi connectivity index (χ3v) is 3.57. The topological polar surface area (TPSA) is 46.6 Å². The Morgan fingerprint density at radius 3 is 2.36 bits per heavy atom. The summed E-state index contributed by atoms with van der Waals surface area (Å²) in [6.45, 7) is 2.57. The third kappa shape index (κ3) is 4.39. The molecule has 4 nitrogen and oxygen atoms in total. The van der Waals surface area contributed by atoms with Gasteiger partial charge in [-0.2, -0.15) is 0 Å². The fraction of sp³-hybridized carbons (Fsp3) is 1.00. The van der Waals surface area contributed by atoms with E-state index in [1.165, 1.54) is 6.26 Å². The smallest absolute Gasteiger partial charge is 0.148 e. The van der Waals surface area contributed by atoms with Crippen molar-refractivity contribution < 1.29 is 13.2 Å². The number of nitrogens with zero attached hydrogens (tertiary/aromatic N) is 1. The lowest BCUT2D eigenvalue weighted by Gasteiger charge is -2.30. The Labute approximate surface area is 86.2 Å². The molecule has 1 aliphatic heterocycles. The van der Waals surface area contributed by atoms with Crippen LogP contribution in [0.3, 0.4) is 0 Å². The van der Waals surface area contributed by atoms with E-state index in [-0.39, 0.29) is 5.75 Å². The van der Waals surface area contributed by atoms with Gasteiger partial charge >= 0.3 is 0 Å². The first-order chi connectivity index (χ1) is 6.51. The van der Waals surface area contributed by atoms with Crippen LogP contribution in [0.1, 0.15) is 12.8 Å². The molecule has 1 aliphatic rings. The largest absolute Gasteiger partial charge is 0.381 e. The average molecular weight is 221 g/mol. The van der Waals surface area contributed by atoms with Crippen LogP contribution >= 0.6 is 0 Å². The number of rotatable bonds is 4. The quantitative estimate of drug-likeness (QED) is 0.677. The Morgan fingerprint density at radius 1 is 1.36 bits per heavy atom. The van der Waals surface area contributed by atoms with Crippen molar-refractivity contribution in [2.24, 2.45) is 0 Å². The summed E-state index contributed by atoms with van der Waals surface area (Å²) in [7, 11) is -1.08. The maximum Gasteiger partial charge on any atom is 0.148 e. The fourth-order valence-corrected chi connectivity index (χ4v) is 2.25. The van der Waals surface area contributed by atoms with E-state index in [2.05, 4.69) is 4.90 Å². The lowest BCUT2D eigenvalue weighted by Crippen LogP contribution is -2.39. The van der Waals surface area contributed by atoms with Gasteiger partial charge in [0.1, 0.15) is 9.84 Å². The lowest BCUT2D eigenvalue weighted by atomic mass is 10.1. The molecule has 5 heteroatoms. The molecule has 1 heterocycles. The van der Waals surface area contributed by atoms with Crippen LogP contribution in [0.2, 0.25) is 0 Å². The van der Waals surface area contributed by atoms with Crippen LogP contribution in [0.25, 0.3) is 0 Å². The van der Waals surface area contributed by atoms with Crippen molar-refractivity contribution in [3.05, 3.63) is 0 Å². The number of hydrogen-bond donors (Lipinski definition) is 0. The highest BCUT2D eigenvalue weighted by atomic mass is 32.2. The van der Waals surface area contributed by atoms with Crippen molar-refractivity contribution >= 4 is 9.84 Å². The van der Waals surface area contributed by atoms with E-state index >= 15 is 0 Å². The van der Waals surface area contributed by atoms with Crippen LogP contribution in [0.15, 0.2) is 0 Å². The van der Waals surface area contributed by atoms with E-state index in [0.29, 0.717) is 12.6 Å². The second-order valence-electron chi connectivity index (χ2n) is 3.91. The minimum atomic E-state index is -2.82. The van der Waals surface area contributed by atoms with Gasteiger partial charge in [0.05, 0.1) is 11.9 Å². The maximum atomic E-state index is 10.9. The summed E-state index contributed by atoms with van der Waals surface area (Å²) >= 11 is 0. The molecule has 0 aromatic heterocycles. The molecule has 0 N–H and O–H groups in total. The predicted octanol–water partition coefficient (Wildman–Crippen LogP) is 0.142. The molecule has 1 rings (SSSR count). The van der Waals surface area contributed by atoms with Crippen LogP contribution in [0.4, 0.5) is 0 Å². The molecule has 0 bridgehead atoms. The minimum Gasteiger partial charge on any atom is -0.381 e. The summed E-state index contributed by atoms with van der Waals surface area (Å²) in [6, 6.07) is 0. The first kappa shape index (κ1) is 11.9. The van der Waals surface area contributed by atoms with Crippen molar-refractivity contribution in [3.8, 4) is 0 Å². The molecule has 0 atom stereocenters. The summed E-state index contributed by atoms with van der Waals surface area (Å²) in [6.07, 6.45) is 3.68. The van der Waals surface area contributed by atoms with Gasteiger partial charge in [0.2, 0.25) is 0 Å². The summed E-state index contributed by atoms with van der Waals surface area (Å²) in [4.78, 5) is 2.19. The lowest BCUT2D eigenvalue weighted by molar-refractivity contribution is 0.0429. The number of ether oxygens (including phenoxy) is 1. The second-order valence-corrected chi connectivity index (χ2v) is 6.17. The van der Waals surface area contributed by atoms with Crippen LogP contribution < -0.4 is 0 Å². The van der Waals surface area contributed by atoms with Crippen LogP contribution in [0, 0.1) is 0 Å². The molecule has 14 heavy (non-hydrogen) atoms. The van der Waals surface area contributed by atoms with E-state index in [1.807, 2.05) is 0 Å². The number of methoxy groups -OCH3 is 1.